The van der Waals surface area contributed by atoms with Gasteiger partial charge < -0.3 is 19.7 Å². The molecule has 0 saturated carbocycles. The average molecular weight is 403 g/mol. The van der Waals surface area contributed by atoms with Crippen LogP contribution in [0.3, 0.4) is 0 Å². The van der Waals surface area contributed by atoms with Gasteiger partial charge in [-0.25, -0.2) is 4.98 Å². The van der Waals surface area contributed by atoms with Crippen LogP contribution >= 0.6 is 0 Å². The minimum atomic E-state index is -4.42. The first-order valence-corrected chi connectivity index (χ1v) is 9.16. The number of pyridine rings is 1. The molecule has 0 unspecified atom stereocenters. The Hall–Kier alpha value is -3.16. The van der Waals surface area contributed by atoms with Crippen LogP contribution in [0.4, 0.5) is 30.4 Å². The van der Waals surface area contributed by atoms with Crippen LogP contribution < -0.4 is 19.7 Å². The van der Waals surface area contributed by atoms with E-state index in [9.17, 15) is 13.2 Å². The molecule has 3 aromatic rings. The largest absolute Gasteiger partial charge is 0.495 e. The van der Waals surface area contributed by atoms with Crippen LogP contribution in [0.5, 0.6) is 11.5 Å². The van der Waals surface area contributed by atoms with Crippen molar-refractivity contribution in [1.82, 2.24) is 4.98 Å². The number of aromatic nitrogens is 1. The van der Waals surface area contributed by atoms with Gasteiger partial charge in [-0.2, -0.15) is 13.2 Å². The van der Waals surface area contributed by atoms with E-state index >= 15 is 0 Å². The summed E-state index contributed by atoms with van der Waals surface area (Å²) in [4.78, 5) is 6.69. The number of alkyl halides is 3. The normalized spacial score (nSPS) is 13.5. The number of methoxy groups -OCH3 is 1. The Balaban J connectivity index is 1.90. The predicted octanol–water partition coefficient (Wildman–Crippen LogP) is 4.92. The summed E-state index contributed by atoms with van der Waals surface area (Å²) in [6.45, 7) is -0.658. The third kappa shape index (κ3) is 3.50. The fraction of sp³-hybridized carbons (Fsp3) is 0.286. The maximum absolute atomic E-state index is 12.7. The molecule has 0 saturated heterocycles. The Kier molecular flexibility index (Phi) is 4.86. The molecule has 2 aromatic carbocycles. The fourth-order valence-corrected chi connectivity index (χ4v) is 3.74. The van der Waals surface area contributed by atoms with Gasteiger partial charge in [0.2, 0.25) is 0 Å². The molecule has 2 heterocycles. The van der Waals surface area contributed by atoms with Gasteiger partial charge in [-0.05, 0) is 24.6 Å². The number of nitrogens with one attached hydrogen (secondary N) is 1. The van der Waals surface area contributed by atoms with Crippen LogP contribution in [0, 0.1) is 0 Å². The lowest BCUT2D eigenvalue weighted by atomic mass is 10.1. The van der Waals surface area contributed by atoms with Gasteiger partial charge in [0.05, 0.1) is 18.5 Å². The number of ether oxygens (including phenoxy) is 2. The first-order valence-electron chi connectivity index (χ1n) is 9.16. The number of nitrogens with zero attached hydrogens (tertiary/aromatic N) is 2. The lowest BCUT2D eigenvalue weighted by Gasteiger charge is -2.24. The van der Waals surface area contributed by atoms with Crippen LogP contribution in [0.1, 0.15) is 5.56 Å². The summed E-state index contributed by atoms with van der Waals surface area (Å²) in [5.74, 6) is 1.46. The van der Waals surface area contributed by atoms with Gasteiger partial charge in [-0.3, -0.25) is 0 Å². The second-order valence-corrected chi connectivity index (χ2v) is 6.67. The molecule has 1 aliphatic rings. The Morgan fingerprint density at radius 1 is 1.10 bits per heavy atom. The van der Waals surface area contributed by atoms with Crippen LogP contribution in [0.25, 0.3) is 10.9 Å². The van der Waals surface area contributed by atoms with Crippen molar-refractivity contribution in [1.29, 1.82) is 0 Å². The number of rotatable bonds is 5. The van der Waals surface area contributed by atoms with Gasteiger partial charge in [-0.15, -0.1) is 0 Å². The van der Waals surface area contributed by atoms with E-state index in [0.717, 1.165) is 34.5 Å². The number of anilines is 3. The number of hydrogen-bond acceptors (Lipinski definition) is 5. The molecule has 1 aromatic heterocycles. The summed E-state index contributed by atoms with van der Waals surface area (Å²) >= 11 is 0. The molecule has 5 nitrogen and oxygen atoms in total. The Morgan fingerprint density at radius 3 is 2.59 bits per heavy atom. The SMILES string of the molecule is CNc1nc2c(OCC(F)(F)F)cccc2c2c1CCN2c1ccccc1OC. The zero-order chi connectivity index (χ0) is 20.6. The molecule has 0 atom stereocenters. The van der Waals surface area contributed by atoms with Crippen LogP contribution in [0.2, 0.25) is 0 Å². The smallest absolute Gasteiger partial charge is 0.422 e. The van der Waals surface area contributed by atoms with Crippen LogP contribution in [-0.2, 0) is 6.42 Å². The zero-order valence-electron chi connectivity index (χ0n) is 16.0. The van der Waals surface area contributed by atoms with E-state index in [2.05, 4.69) is 15.2 Å². The van der Waals surface area contributed by atoms with E-state index in [1.807, 2.05) is 30.3 Å². The maximum atomic E-state index is 12.7. The molecule has 29 heavy (non-hydrogen) atoms. The third-order valence-electron chi connectivity index (χ3n) is 4.91. The Bertz CT molecular complexity index is 1050. The Morgan fingerprint density at radius 2 is 1.86 bits per heavy atom. The summed E-state index contributed by atoms with van der Waals surface area (Å²) in [5.41, 5.74) is 3.20. The van der Waals surface area contributed by atoms with E-state index in [4.69, 9.17) is 9.47 Å². The lowest BCUT2D eigenvalue weighted by molar-refractivity contribution is -0.153. The van der Waals surface area contributed by atoms with E-state index in [-0.39, 0.29) is 5.75 Å². The maximum Gasteiger partial charge on any atom is 0.422 e. The van der Waals surface area contributed by atoms with Crippen molar-refractivity contribution in [3.05, 3.63) is 48.0 Å². The molecule has 152 valence electrons. The summed E-state index contributed by atoms with van der Waals surface area (Å²) in [7, 11) is 3.36. The molecule has 8 heteroatoms. The van der Waals surface area contributed by atoms with Gasteiger partial charge in [0.15, 0.2) is 6.61 Å². The van der Waals surface area contributed by atoms with Crippen molar-refractivity contribution in [3.63, 3.8) is 0 Å². The van der Waals surface area contributed by atoms with Gasteiger partial charge in [-0.1, -0.05) is 24.3 Å². The van der Waals surface area contributed by atoms with E-state index in [1.54, 1.807) is 20.2 Å². The monoisotopic (exact) mass is 403 g/mol. The molecule has 0 fully saturated rings. The number of benzene rings is 2. The molecule has 1 aliphatic heterocycles. The summed E-state index contributed by atoms with van der Waals surface area (Å²) < 4.78 is 48.7. The minimum absolute atomic E-state index is 0.103. The van der Waals surface area contributed by atoms with E-state index < -0.39 is 12.8 Å². The predicted molar refractivity (Wildman–Crippen MR) is 107 cm³/mol. The van der Waals surface area contributed by atoms with Crippen molar-refractivity contribution >= 4 is 28.1 Å². The highest BCUT2D eigenvalue weighted by atomic mass is 19.4. The topological polar surface area (TPSA) is 46.6 Å². The summed E-state index contributed by atoms with van der Waals surface area (Å²) in [5, 5.41) is 3.81. The van der Waals surface area contributed by atoms with Crippen molar-refractivity contribution in [2.24, 2.45) is 0 Å². The zero-order valence-corrected chi connectivity index (χ0v) is 16.0. The minimum Gasteiger partial charge on any atom is -0.495 e. The van der Waals surface area contributed by atoms with E-state index in [1.165, 1.54) is 6.07 Å². The van der Waals surface area contributed by atoms with Gasteiger partial charge >= 0.3 is 6.18 Å². The van der Waals surface area contributed by atoms with Crippen molar-refractivity contribution in [3.8, 4) is 11.5 Å². The second kappa shape index (κ2) is 7.35. The molecule has 1 N–H and O–H groups in total. The molecule has 0 amide bonds. The van der Waals surface area contributed by atoms with Gasteiger partial charge in [0.1, 0.15) is 22.8 Å². The van der Waals surface area contributed by atoms with E-state index in [0.29, 0.717) is 17.9 Å². The molecular weight excluding hydrogens is 383 g/mol. The lowest BCUT2D eigenvalue weighted by Crippen LogP contribution is -2.19. The third-order valence-corrected chi connectivity index (χ3v) is 4.91. The second-order valence-electron chi connectivity index (χ2n) is 6.67. The van der Waals surface area contributed by atoms with Crippen molar-refractivity contribution < 1.29 is 22.6 Å². The summed E-state index contributed by atoms with van der Waals surface area (Å²) in [6.07, 6.45) is -3.67. The molecule has 0 bridgehead atoms. The van der Waals surface area contributed by atoms with Crippen LogP contribution in [0.15, 0.2) is 42.5 Å². The molecule has 0 aliphatic carbocycles. The first-order chi connectivity index (χ1) is 13.9. The van der Waals surface area contributed by atoms with Crippen molar-refractivity contribution in [2.75, 3.05) is 37.5 Å². The highest BCUT2D eigenvalue weighted by Crippen LogP contribution is 2.46. The van der Waals surface area contributed by atoms with Gasteiger partial charge in [0.25, 0.3) is 0 Å². The number of halogens is 3. The molecule has 0 radical (unpaired) electrons. The summed E-state index contributed by atoms with van der Waals surface area (Å²) in [6, 6.07) is 12.7. The van der Waals surface area contributed by atoms with Gasteiger partial charge in [0, 0.05) is 24.5 Å². The highest BCUT2D eigenvalue weighted by molar-refractivity contribution is 6.02. The molecule has 0 spiro atoms. The fourth-order valence-electron chi connectivity index (χ4n) is 3.74. The molecular formula is C21H20F3N3O2. The first kappa shape index (κ1) is 19.2. The number of fused-ring (bicyclic) bond motifs is 3. The Labute approximate surface area is 166 Å². The standard InChI is InChI=1S/C21H20F3N3O2/c1-25-20-14-10-11-27(15-7-3-4-8-16(15)28-2)19(14)13-6-5-9-17(18(13)26-20)29-12-21(22,23)24/h3-9H,10-12H2,1-2H3,(H,25,26). The number of para-hydroxylation sites is 3. The average Bonchev–Trinajstić information content (AvgIpc) is 3.16. The molecule has 4 rings (SSSR count). The highest BCUT2D eigenvalue weighted by Gasteiger charge is 2.31. The number of hydrogen-bond donors (Lipinski definition) is 1. The van der Waals surface area contributed by atoms with Crippen LogP contribution in [-0.4, -0.2) is 38.5 Å². The quantitative estimate of drug-likeness (QED) is 0.655. The van der Waals surface area contributed by atoms with Crippen molar-refractivity contribution in [2.45, 2.75) is 12.6 Å².